The van der Waals surface area contributed by atoms with Crippen molar-refractivity contribution in [1.29, 1.82) is 0 Å². The normalized spacial score (nSPS) is 15.9. The summed E-state index contributed by atoms with van der Waals surface area (Å²) in [6.45, 7) is 3.16. The van der Waals surface area contributed by atoms with Gasteiger partial charge in [-0.15, -0.1) is 0 Å². The first-order valence-electron chi connectivity index (χ1n) is 9.92. The Balaban J connectivity index is 1.64. The zero-order valence-electron chi connectivity index (χ0n) is 15.9. The van der Waals surface area contributed by atoms with Gasteiger partial charge in [-0.2, -0.15) is 0 Å². The predicted molar refractivity (Wildman–Crippen MR) is 112 cm³/mol. The number of rotatable bonds is 2. The van der Waals surface area contributed by atoms with Crippen LogP contribution in [0.5, 0.6) is 5.75 Å². The molecular weight excluding hydrogens is 374 g/mol. The Morgan fingerprint density at radius 1 is 1.07 bits per heavy atom. The van der Waals surface area contributed by atoms with Gasteiger partial charge in [0.1, 0.15) is 11.3 Å². The van der Waals surface area contributed by atoms with Crippen molar-refractivity contribution >= 4 is 28.3 Å². The highest BCUT2D eigenvalue weighted by atomic mass is 35.5. The summed E-state index contributed by atoms with van der Waals surface area (Å²) < 4.78 is 11.8. The molecule has 0 atom stereocenters. The molecule has 0 unspecified atom stereocenters. The van der Waals surface area contributed by atoms with Crippen LogP contribution >= 0.6 is 11.6 Å². The lowest BCUT2D eigenvalue weighted by Crippen LogP contribution is -2.32. The van der Waals surface area contributed by atoms with Crippen LogP contribution < -0.4 is 15.3 Å². The van der Waals surface area contributed by atoms with Crippen molar-refractivity contribution in [2.24, 2.45) is 0 Å². The van der Waals surface area contributed by atoms with Crippen LogP contribution in [0.25, 0.3) is 11.0 Å². The molecule has 5 rings (SSSR count). The maximum atomic E-state index is 12.6. The van der Waals surface area contributed by atoms with E-state index in [-0.39, 0.29) is 5.63 Å². The van der Waals surface area contributed by atoms with Gasteiger partial charge < -0.3 is 14.1 Å². The standard InChI is InChI=1S/C23H22ClNO3/c1-2-14-7-9-15(10-8-14)25-12-19-21-18(11-20(24)22(19)27-13-25)16-5-3-4-6-17(16)23(26)28-21/h7-11H,2-6,12-13H2,1H3. The highest BCUT2D eigenvalue weighted by Crippen LogP contribution is 2.41. The molecule has 0 saturated heterocycles. The topological polar surface area (TPSA) is 42.7 Å². The van der Waals surface area contributed by atoms with Crippen LogP contribution in [-0.4, -0.2) is 6.73 Å². The molecule has 1 aromatic heterocycles. The highest BCUT2D eigenvalue weighted by Gasteiger charge is 2.27. The van der Waals surface area contributed by atoms with Crippen molar-refractivity contribution in [3.8, 4) is 5.75 Å². The Hall–Kier alpha value is -2.46. The summed E-state index contributed by atoms with van der Waals surface area (Å²) in [4.78, 5) is 14.8. The molecule has 0 saturated carbocycles. The number of fused-ring (bicyclic) bond motifs is 5. The number of ether oxygens (including phenoxy) is 1. The van der Waals surface area contributed by atoms with Crippen molar-refractivity contribution in [1.82, 2.24) is 0 Å². The van der Waals surface area contributed by atoms with Gasteiger partial charge in [-0.3, -0.25) is 0 Å². The molecule has 0 fully saturated rings. The predicted octanol–water partition coefficient (Wildman–Crippen LogP) is 5.24. The average molecular weight is 396 g/mol. The van der Waals surface area contributed by atoms with Crippen LogP contribution in [0.15, 0.2) is 39.5 Å². The van der Waals surface area contributed by atoms with Crippen molar-refractivity contribution in [2.45, 2.75) is 45.6 Å². The molecule has 28 heavy (non-hydrogen) atoms. The van der Waals surface area contributed by atoms with Gasteiger partial charge in [-0.25, -0.2) is 4.79 Å². The van der Waals surface area contributed by atoms with Crippen LogP contribution in [0.4, 0.5) is 5.69 Å². The third kappa shape index (κ3) is 2.78. The van der Waals surface area contributed by atoms with E-state index >= 15 is 0 Å². The molecule has 4 nitrogen and oxygen atoms in total. The van der Waals surface area contributed by atoms with Gasteiger partial charge in [0.05, 0.1) is 17.1 Å². The Kier molecular flexibility index (Phi) is 4.31. The van der Waals surface area contributed by atoms with Gasteiger partial charge in [0.15, 0.2) is 6.73 Å². The van der Waals surface area contributed by atoms with Gasteiger partial charge in [-0.05, 0) is 61.4 Å². The summed E-state index contributed by atoms with van der Waals surface area (Å²) in [5.74, 6) is 0.634. The Labute approximate surface area is 168 Å². The van der Waals surface area contributed by atoms with Crippen molar-refractivity contribution in [2.75, 3.05) is 11.6 Å². The van der Waals surface area contributed by atoms with E-state index in [1.807, 2.05) is 6.07 Å². The van der Waals surface area contributed by atoms with E-state index in [0.717, 1.165) is 59.9 Å². The molecule has 2 aromatic carbocycles. The van der Waals surface area contributed by atoms with Crippen LogP contribution in [-0.2, 0) is 25.8 Å². The summed E-state index contributed by atoms with van der Waals surface area (Å²) in [7, 11) is 0. The molecule has 1 aliphatic heterocycles. The van der Waals surface area contributed by atoms with Crippen LogP contribution in [0.1, 0.15) is 42.0 Å². The molecular formula is C23H22ClNO3. The number of hydrogen-bond donors (Lipinski definition) is 0. The Morgan fingerprint density at radius 3 is 2.57 bits per heavy atom. The second kappa shape index (κ2) is 6.85. The second-order valence-electron chi connectivity index (χ2n) is 7.59. The minimum absolute atomic E-state index is 0.212. The highest BCUT2D eigenvalue weighted by molar-refractivity contribution is 6.33. The van der Waals surface area contributed by atoms with Gasteiger partial charge in [0.2, 0.25) is 0 Å². The average Bonchev–Trinajstić information content (AvgIpc) is 2.75. The molecule has 2 heterocycles. The minimum atomic E-state index is -0.212. The first kappa shape index (κ1) is 17.6. The SMILES string of the molecule is CCc1ccc(N2COc3c(Cl)cc4c5c(c(=O)oc4c3C2)CCCC5)cc1. The first-order valence-corrected chi connectivity index (χ1v) is 10.3. The second-order valence-corrected chi connectivity index (χ2v) is 8.00. The van der Waals surface area contributed by atoms with Gasteiger partial charge in [-0.1, -0.05) is 30.7 Å². The lowest BCUT2D eigenvalue weighted by Gasteiger charge is -2.32. The number of nitrogens with zero attached hydrogens (tertiary/aromatic N) is 1. The minimum Gasteiger partial charge on any atom is -0.471 e. The lowest BCUT2D eigenvalue weighted by molar-refractivity contribution is 0.289. The van der Waals surface area contributed by atoms with Gasteiger partial charge >= 0.3 is 5.63 Å². The van der Waals surface area contributed by atoms with Crippen LogP contribution in [0.2, 0.25) is 5.02 Å². The quantitative estimate of drug-likeness (QED) is 0.556. The lowest BCUT2D eigenvalue weighted by atomic mass is 9.90. The summed E-state index contributed by atoms with van der Waals surface area (Å²) in [5.41, 5.74) is 5.57. The molecule has 5 heteroatoms. The molecule has 0 N–H and O–H groups in total. The fourth-order valence-electron chi connectivity index (χ4n) is 4.38. The van der Waals surface area contributed by atoms with Crippen molar-refractivity contribution in [3.05, 3.63) is 68.0 Å². The smallest absolute Gasteiger partial charge is 0.339 e. The largest absolute Gasteiger partial charge is 0.471 e. The Bertz CT molecular complexity index is 1120. The maximum Gasteiger partial charge on any atom is 0.339 e. The van der Waals surface area contributed by atoms with E-state index in [2.05, 4.69) is 36.1 Å². The molecule has 0 radical (unpaired) electrons. The number of anilines is 1. The summed E-state index contributed by atoms with van der Waals surface area (Å²) >= 11 is 6.57. The number of aryl methyl sites for hydroxylation is 2. The van der Waals surface area contributed by atoms with E-state index in [4.69, 9.17) is 20.8 Å². The molecule has 2 aliphatic rings. The molecule has 3 aromatic rings. The van der Waals surface area contributed by atoms with E-state index in [9.17, 15) is 4.79 Å². The maximum absolute atomic E-state index is 12.6. The number of halogens is 1. The van der Waals surface area contributed by atoms with Crippen LogP contribution in [0.3, 0.4) is 0 Å². The number of benzene rings is 2. The molecule has 1 aliphatic carbocycles. The molecule has 0 amide bonds. The van der Waals surface area contributed by atoms with Crippen molar-refractivity contribution in [3.63, 3.8) is 0 Å². The zero-order valence-corrected chi connectivity index (χ0v) is 16.6. The monoisotopic (exact) mass is 395 g/mol. The van der Waals surface area contributed by atoms with E-state index in [0.29, 0.717) is 29.6 Å². The van der Waals surface area contributed by atoms with E-state index < -0.39 is 0 Å². The van der Waals surface area contributed by atoms with Gasteiger partial charge in [0, 0.05) is 16.6 Å². The molecule has 0 bridgehead atoms. The molecule has 144 valence electrons. The third-order valence-electron chi connectivity index (χ3n) is 5.94. The van der Waals surface area contributed by atoms with Crippen molar-refractivity contribution < 1.29 is 9.15 Å². The zero-order chi connectivity index (χ0) is 19.3. The van der Waals surface area contributed by atoms with Gasteiger partial charge in [0.25, 0.3) is 0 Å². The van der Waals surface area contributed by atoms with E-state index in [1.165, 1.54) is 5.56 Å². The Morgan fingerprint density at radius 2 is 1.82 bits per heavy atom. The summed E-state index contributed by atoms with van der Waals surface area (Å²) in [5, 5.41) is 1.55. The number of hydrogen-bond acceptors (Lipinski definition) is 4. The molecule has 0 spiro atoms. The fraction of sp³-hybridized carbons (Fsp3) is 0.348. The fourth-order valence-corrected chi connectivity index (χ4v) is 4.66. The first-order chi connectivity index (χ1) is 13.7. The van der Waals surface area contributed by atoms with Crippen LogP contribution in [0, 0.1) is 0 Å². The third-order valence-corrected chi connectivity index (χ3v) is 6.22. The summed E-state index contributed by atoms with van der Waals surface area (Å²) in [6, 6.07) is 10.4. The summed E-state index contributed by atoms with van der Waals surface area (Å²) in [6.07, 6.45) is 4.82. The van der Waals surface area contributed by atoms with E-state index in [1.54, 1.807) is 0 Å².